The molecular formula is C22H12FNO6. The highest BCUT2D eigenvalue weighted by Gasteiger charge is 2.28. The van der Waals surface area contributed by atoms with Crippen LogP contribution < -0.4 is 9.47 Å². The number of hydrogen-bond acceptors (Lipinski definition) is 6. The Morgan fingerprint density at radius 3 is 2.63 bits per heavy atom. The summed E-state index contributed by atoms with van der Waals surface area (Å²) in [7, 11) is 0. The third-order valence-electron chi connectivity index (χ3n) is 4.34. The molecule has 0 fully saturated rings. The minimum absolute atomic E-state index is 0.00170. The summed E-state index contributed by atoms with van der Waals surface area (Å²) in [4.78, 5) is 35.0. The Bertz CT molecular complexity index is 1230. The van der Waals surface area contributed by atoms with Crippen LogP contribution in [0.4, 0.5) is 10.1 Å². The van der Waals surface area contributed by atoms with Crippen LogP contribution in [0.1, 0.15) is 26.3 Å². The summed E-state index contributed by atoms with van der Waals surface area (Å²) >= 11 is 0. The number of halogens is 1. The number of carbonyl (C=O) groups excluding carboxylic acids is 2. The fourth-order valence-corrected chi connectivity index (χ4v) is 2.88. The number of Topliss-reactive ketones (excluding diaryl/α,β-unsaturated/α-hetero) is 1. The van der Waals surface area contributed by atoms with Gasteiger partial charge in [0.05, 0.1) is 16.1 Å². The first-order chi connectivity index (χ1) is 14.4. The van der Waals surface area contributed by atoms with Crippen LogP contribution in [0.2, 0.25) is 0 Å². The molecule has 148 valence electrons. The summed E-state index contributed by atoms with van der Waals surface area (Å²) in [5, 5.41) is 10.9. The van der Waals surface area contributed by atoms with Gasteiger partial charge >= 0.3 is 5.97 Å². The normalized spacial score (nSPS) is 13.6. The average molecular weight is 405 g/mol. The van der Waals surface area contributed by atoms with Gasteiger partial charge in [-0.15, -0.1) is 0 Å². The van der Waals surface area contributed by atoms with Gasteiger partial charge in [-0.2, -0.15) is 0 Å². The number of ketones is 1. The quantitative estimate of drug-likeness (QED) is 0.207. The van der Waals surface area contributed by atoms with E-state index in [2.05, 4.69) is 0 Å². The Balaban J connectivity index is 1.56. The number of esters is 1. The molecule has 0 spiro atoms. The van der Waals surface area contributed by atoms with E-state index in [9.17, 15) is 24.1 Å². The van der Waals surface area contributed by atoms with Gasteiger partial charge in [-0.05, 0) is 30.3 Å². The van der Waals surface area contributed by atoms with Crippen molar-refractivity contribution in [3.05, 3.63) is 105 Å². The van der Waals surface area contributed by atoms with E-state index < -0.39 is 22.5 Å². The van der Waals surface area contributed by atoms with Crippen molar-refractivity contribution in [3.8, 4) is 11.5 Å². The van der Waals surface area contributed by atoms with E-state index in [1.54, 1.807) is 6.07 Å². The summed E-state index contributed by atoms with van der Waals surface area (Å²) in [5.41, 5.74) is 0.204. The predicted molar refractivity (Wildman–Crippen MR) is 104 cm³/mol. The van der Waals surface area contributed by atoms with Crippen LogP contribution in [0.15, 0.2) is 72.5 Å². The smallest absolute Gasteiger partial charge is 0.343 e. The number of carbonyl (C=O) groups is 2. The van der Waals surface area contributed by atoms with Gasteiger partial charge in [-0.25, -0.2) is 9.18 Å². The zero-order chi connectivity index (χ0) is 21.3. The molecule has 4 rings (SSSR count). The number of non-ortho nitro benzene ring substituents is 1. The lowest BCUT2D eigenvalue weighted by Gasteiger charge is -2.05. The van der Waals surface area contributed by atoms with E-state index in [0.717, 1.165) is 6.07 Å². The van der Waals surface area contributed by atoms with E-state index in [4.69, 9.17) is 9.47 Å². The van der Waals surface area contributed by atoms with E-state index in [0.29, 0.717) is 0 Å². The van der Waals surface area contributed by atoms with Gasteiger partial charge in [0.25, 0.3) is 5.69 Å². The number of nitrogens with zero attached hydrogens (tertiary/aromatic N) is 1. The molecule has 0 aromatic heterocycles. The Morgan fingerprint density at radius 1 is 1.07 bits per heavy atom. The Kier molecular flexibility index (Phi) is 4.81. The molecule has 0 amide bonds. The van der Waals surface area contributed by atoms with Crippen molar-refractivity contribution in [1.29, 1.82) is 0 Å². The standard InChI is InChI=1S/C22H12FNO6/c23-18-7-2-1-4-13(18)11-20-21(25)17-9-8-16(12-19(17)30-20)29-22(26)14-5-3-6-15(10-14)24(27)28/h1-12H/b20-11-. The minimum atomic E-state index is -0.801. The van der Waals surface area contributed by atoms with Crippen molar-refractivity contribution in [3.63, 3.8) is 0 Å². The van der Waals surface area contributed by atoms with Crippen LogP contribution in [-0.4, -0.2) is 16.7 Å². The van der Waals surface area contributed by atoms with Crippen LogP contribution >= 0.6 is 0 Å². The molecule has 0 bridgehead atoms. The first-order valence-electron chi connectivity index (χ1n) is 8.72. The molecule has 0 radical (unpaired) electrons. The molecule has 0 aliphatic carbocycles. The summed E-state index contributed by atoms with van der Waals surface area (Å²) in [5.74, 6) is -1.53. The van der Waals surface area contributed by atoms with E-state index in [-0.39, 0.29) is 39.6 Å². The van der Waals surface area contributed by atoms with Gasteiger partial charge in [0, 0.05) is 23.8 Å². The molecule has 3 aromatic carbocycles. The van der Waals surface area contributed by atoms with Crippen LogP contribution in [-0.2, 0) is 0 Å². The molecule has 30 heavy (non-hydrogen) atoms. The molecule has 1 heterocycles. The molecule has 0 saturated heterocycles. The molecule has 7 nitrogen and oxygen atoms in total. The third-order valence-corrected chi connectivity index (χ3v) is 4.34. The van der Waals surface area contributed by atoms with Gasteiger partial charge in [0.1, 0.15) is 17.3 Å². The van der Waals surface area contributed by atoms with Crippen LogP contribution in [0.5, 0.6) is 11.5 Å². The molecule has 0 unspecified atom stereocenters. The molecular weight excluding hydrogens is 393 g/mol. The largest absolute Gasteiger partial charge is 0.452 e. The van der Waals surface area contributed by atoms with Crippen molar-refractivity contribution in [1.82, 2.24) is 0 Å². The molecule has 3 aromatic rings. The Morgan fingerprint density at radius 2 is 1.87 bits per heavy atom. The number of nitro benzene ring substituents is 1. The van der Waals surface area contributed by atoms with Crippen molar-refractivity contribution in [2.75, 3.05) is 0 Å². The van der Waals surface area contributed by atoms with Crippen LogP contribution in [0, 0.1) is 15.9 Å². The number of allylic oxidation sites excluding steroid dienone is 1. The number of nitro groups is 1. The highest BCUT2D eigenvalue weighted by molar-refractivity contribution is 6.14. The first-order valence-corrected chi connectivity index (χ1v) is 8.72. The minimum Gasteiger partial charge on any atom is -0.452 e. The molecule has 0 N–H and O–H groups in total. The average Bonchev–Trinajstić information content (AvgIpc) is 3.04. The van der Waals surface area contributed by atoms with Crippen molar-refractivity contribution >= 4 is 23.5 Å². The van der Waals surface area contributed by atoms with Crippen molar-refractivity contribution in [2.45, 2.75) is 0 Å². The molecule has 8 heteroatoms. The maximum absolute atomic E-state index is 13.8. The Labute approximate surface area is 169 Å². The topological polar surface area (TPSA) is 95.7 Å². The lowest BCUT2D eigenvalue weighted by molar-refractivity contribution is -0.384. The first kappa shape index (κ1) is 19.0. The maximum atomic E-state index is 13.8. The van der Waals surface area contributed by atoms with Gasteiger partial charge in [-0.3, -0.25) is 14.9 Å². The lowest BCUT2D eigenvalue weighted by atomic mass is 10.1. The summed E-state index contributed by atoms with van der Waals surface area (Å²) < 4.78 is 24.6. The van der Waals surface area contributed by atoms with Gasteiger partial charge < -0.3 is 9.47 Å². The second kappa shape index (κ2) is 7.59. The molecule has 0 saturated carbocycles. The molecule has 1 aliphatic heterocycles. The van der Waals surface area contributed by atoms with Crippen LogP contribution in [0.25, 0.3) is 6.08 Å². The lowest BCUT2D eigenvalue weighted by Crippen LogP contribution is -2.08. The second-order valence-electron chi connectivity index (χ2n) is 6.32. The zero-order valence-electron chi connectivity index (χ0n) is 15.2. The highest BCUT2D eigenvalue weighted by Crippen LogP contribution is 2.35. The number of ether oxygens (including phenoxy) is 2. The van der Waals surface area contributed by atoms with Crippen molar-refractivity contribution in [2.24, 2.45) is 0 Å². The van der Waals surface area contributed by atoms with Crippen molar-refractivity contribution < 1.29 is 28.4 Å². The molecule has 1 aliphatic rings. The predicted octanol–water partition coefficient (Wildman–Crippen LogP) is 4.57. The maximum Gasteiger partial charge on any atom is 0.343 e. The number of benzene rings is 3. The highest BCUT2D eigenvalue weighted by atomic mass is 19.1. The number of hydrogen-bond donors (Lipinski definition) is 0. The van der Waals surface area contributed by atoms with E-state index in [1.807, 2.05) is 0 Å². The van der Waals surface area contributed by atoms with Gasteiger partial charge in [-0.1, -0.05) is 24.3 Å². The fourth-order valence-electron chi connectivity index (χ4n) is 2.88. The summed E-state index contributed by atoms with van der Waals surface area (Å²) in [6, 6.07) is 15.2. The molecule has 0 atom stereocenters. The SMILES string of the molecule is O=C(Oc1ccc2c(c1)O/C(=C\c1ccccc1F)C2=O)c1cccc([N+](=O)[O-])c1. The van der Waals surface area contributed by atoms with Gasteiger partial charge in [0.15, 0.2) is 5.76 Å². The summed E-state index contributed by atoms with van der Waals surface area (Å²) in [6.07, 6.45) is 1.30. The van der Waals surface area contributed by atoms with E-state index in [1.165, 1.54) is 60.7 Å². The third kappa shape index (κ3) is 3.66. The van der Waals surface area contributed by atoms with Crippen LogP contribution in [0.3, 0.4) is 0 Å². The number of fused-ring (bicyclic) bond motifs is 1. The summed E-state index contributed by atoms with van der Waals surface area (Å²) in [6.45, 7) is 0. The number of rotatable bonds is 4. The second-order valence-corrected chi connectivity index (χ2v) is 6.32. The zero-order valence-corrected chi connectivity index (χ0v) is 15.2. The van der Waals surface area contributed by atoms with E-state index >= 15 is 0 Å². The Hall–Kier alpha value is -4.33. The fraction of sp³-hybridized carbons (Fsp3) is 0. The van der Waals surface area contributed by atoms with Gasteiger partial charge in [0.2, 0.25) is 5.78 Å². The monoisotopic (exact) mass is 405 g/mol.